The number of hydrogen-bond donors (Lipinski definition) is 6. The minimum absolute atomic E-state index is 0.00837. The van der Waals surface area contributed by atoms with Crippen LogP contribution in [0.25, 0.3) is 5.76 Å². The number of benzene rings is 2. The maximum Gasteiger partial charge on any atom is 0.255 e. The van der Waals surface area contributed by atoms with Gasteiger partial charge in [-0.05, 0) is 42.8 Å². The van der Waals surface area contributed by atoms with Crippen molar-refractivity contribution in [2.75, 3.05) is 27.0 Å². The molecule has 3 aliphatic carbocycles. The van der Waals surface area contributed by atoms with E-state index in [-0.39, 0.29) is 11.3 Å². The number of aliphatic hydroxyl groups is 4. The molecule has 0 spiro atoms. The summed E-state index contributed by atoms with van der Waals surface area (Å²) >= 11 is 1.50. The van der Waals surface area contributed by atoms with Gasteiger partial charge in [-0.15, -0.1) is 0 Å². The number of methoxy groups -OCH3 is 1. The summed E-state index contributed by atoms with van der Waals surface area (Å²) in [6, 6.07) is 9.60. The molecule has 2 aromatic carbocycles. The Morgan fingerprint density at radius 2 is 1.70 bits per heavy atom. The van der Waals surface area contributed by atoms with E-state index < -0.39 is 81.1 Å². The van der Waals surface area contributed by atoms with Crippen LogP contribution in [-0.4, -0.2) is 92.6 Å². The molecular weight excluding hydrogens is 612 g/mol. The molecule has 3 aliphatic rings. The molecule has 1 fully saturated rings. The molecule has 2 aromatic rings. The number of aliphatic hydroxyl groups excluding tert-OH is 3. The Labute approximate surface area is 271 Å². The van der Waals surface area contributed by atoms with E-state index >= 15 is 0 Å². The number of phenols is 1. The highest BCUT2D eigenvalue weighted by molar-refractivity contribution is 7.98. The molecule has 0 saturated heterocycles. The van der Waals surface area contributed by atoms with Crippen molar-refractivity contribution in [1.29, 1.82) is 0 Å². The van der Waals surface area contributed by atoms with Crippen LogP contribution in [0.4, 0.5) is 0 Å². The van der Waals surface area contributed by atoms with Gasteiger partial charge >= 0.3 is 0 Å². The molecule has 6 atom stereocenters. The molecule has 0 unspecified atom stereocenters. The first-order valence-electron chi connectivity index (χ1n) is 14.9. The van der Waals surface area contributed by atoms with Gasteiger partial charge in [0.25, 0.3) is 5.91 Å². The predicted octanol–water partition coefficient (Wildman–Crippen LogP) is 2.72. The van der Waals surface area contributed by atoms with E-state index in [9.17, 15) is 39.9 Å². The highest BCUT2D eigenvalue weighted by Crippen LogP contribution is 2.57. The summed E-state index contributed by atoms with van der Waals surface area (Å²) in [6.07, 6.45) is -1.67. The third kappa shape index (κ3) is 4.98. The molecule has 7 N–H and O–H groups in total. The lowest BCUT2D eigenvalue weighted by atomic mass is 9.54. The molecule has 1 saturated carbocycles. The third-order valence-electron chi connectivity index (χ3n) is 9.47. The maximum absolute atomic E-state index is 14.5. The van der Waals surface area contributed by atoms with Crippen molar-refractivity contribution < 1.29 is 44.7 Å². The van der Waals surface area contributed by atoms with Gasteiger partial charge < -0.3 is 36.0 Å². The van der Waals surface area contributed by atoms with E-state index in [0.29, 0.717) is 28.4 Å². The van der Waals surface area contributed by atoms with E-state index in [2.05, 4.69) is 0 Å². The zero-order valence-electron chi connectivity index (χ0n) is 26.6. The first-order valence-corrected chi connectivity index (χ1v) is 16.0. The second kappa shape index (κ2) is 11.8. The largest absolute Gasteiger partial charge is 0.508 e. The summed E-state index contributed by atoms with van der Waals surface area (Å²) in [5.41, 5.74) is 2.51. The lowest BCUT2D eigenvalue weighted by molar-refractivity contribution is -0.169. The Balaban J connectivity index is 1.71. The van der Waals surface area contributed by atoms with Gasteiger partial charge in [0.15, 0.2) is 11.4 Å². The first kappa shape index (κ1) is 33.5. The van der Waals surface area contributed by atoms with Gasteiger partial charge in [0.2, 0.25) is 5.78 Å². The molecule has 0 radical (unpaired) electrons. The quantitative estimate of drug-likeness (QED) is 0.241. The number of thioether (sulfide) groups is 1. The molecular formula is C34H40N2O9S. The first-order chi connectivity index (χ1) is 21.5. The molecule has 246 valence electrons. The summed E-state index contributed by atoms with van der Waals surface area (Å²) in [4.78, 5) is 41.7. The maximum atomic E-state index is 14.5. The van der Waals surface area contributed by atoms with E-state index in [1.807, 2.05) is 45.0 Å². The zero-order chi connectivity index (χ0) is 34.0. The highest BCUT2D eigenvalue weighted by atomic mass is 32.2. The minimum Gasteiger partial charge on any atom is -0.508 e. The number of nitrogens with zero attached hydrogens (tertiary/aromatic N) is 1. The molecule has 12 heteroatoms. The number of aromatic hydroxyl groups is 1. The second-order valence-electron chi connectivity index (χ2n) is 13.4. The number of rotatable bonds is 7. The fourth-order valence-corrected chi connectivity index (χ4v) is 8.45. The number of primary amides is 1. The van der Waals surface area contributed by atoms with Crippen LogP contribution in [0.2, 0.25) is 0 Å². The monoisotopic (exact) mass is 652 g/mol. The summed E-state index contributed by atoms with van der Waals surface area (Å²) in [5.74, 6) is -7.54. The molecule has 0 aliphatic heterocycles. The highest BCUT2D eigenvalue weighted by Gasteiger charge is 2.68. The number of ketones is 2. The molecule has 0 heterocycles. The Kier molecular flexibility index (Phi) is 8.56. The predicted molar refractivity (Wildman–Crippen MR) is 173 cm³/mol. The van der Waals surface area contributed by atoms with Crippen molar-refractivity contribution >= 4 is 35.0 Å². The Hall–Kier alpha value is -3.84. The van der Waals surface area contributed by atoms with Gasteiger partial charge in [0.05, 0.1) is 30.7 Å². The van der Waals surface area contributed by atoms with E-state index in [1.54, 1.807) is 19.2 Å². The molecule has 5 rings (SSSR count). The second-order valence-corrected chi connectivity index (χ2v) is 14.4. The lowest BCUT2D eigenvalue weighted by Crippen LogP contribution is -2.70. The molecule has 0 aromatic heterocycles. The average Bonchev–Trinajstić information content (AvgIpc) is 2.97. The van der Waals surface area contributed by atoms with Crippen molar-refractivity contribution in [3.05, 3.63) is 75.6 Å². The number of fused-ring (bicyclic) bond motifs is 3. The van der Waals surface area contributed by atoms with E-state index in [4.69, 9.17) is 10.5 Å². The summed E-state index contributed by atoms with van der Waals surface area (Å²) < 4.78 is 5.24. The van der Waals surface area contributed by atoms with Crippen LogP contribution in [0, 0.1) is 11.8 Å². The van der Waals surface area contributed by atoms with Crippen molar-refractivity contribution in [2.45, 2.75) is 55.6 Å². The average molecular weight is 653 g/mol. The molecule has 11 nitrogen and oxygen atoms in total. The minimum atomic E-state index is -2.97. The van der Waals surface area contributed by atoms with Gasteiger partial charge in [-0.25, -0.2) is 0 Å². The molecule has 46 heavy (non-hydrogen) atoms. The van der Waals surface area contributed by atoms with Crippen molar-refractivity contribution in [2.24, 2.45) is 17.6 Å². The fraction of sp³-hybridized carbons (Fsp3) is 0.441. The summed E-state index contributed by atoms with van der Waals surface area (Å²) in [5, 5.41) is 58.7. The third-order valence-corrected chi connectivity index (χ3v) is 10.6. The standard InChI is InChI=1S/C34H40N2O9S/c1-33(2,3)19-12-11-17-18(14-46-13-15-7-9-16(45-6)10-8-15)20-22(27(38)21(17)26(19)37)30(41)34(44)24(28(20)39)25(36(4)5)29(40)23(31(34)42)32(35)43/h7-12,18,20,24-25,28,37-39,42,44H,13-14H2,1-6H3,(H2,35,43)/t18-,20+,24+,25-,28-,34-/m0/s1. The van der Waals surface area contributed by atoms with E-state index in [1.165, 1.54) is 30.8 Å². The van der Waals surface area contributed by atoms with Gasteiger partial charge in [0, 0.05) is 34.5 Å². The number of nitrogens with two attached hydrogens (primary N) is 1. The normalized spacial score (nSPS) is 27.8. The molecule has 0 bridgehead atoms. The Morgan fingerprint density at radius 3 is 2.24 bits per heavy atom. The number of hydrogen-bond acceptors (Lipinski definition) is 11. The lowest BCUT2D eigenvalue weighted by Gasteiger charge is -2.54. The van der Waals surface area contributed by atoms with Crippen LogP contribution < -0.4 is 10.5 Å². The van der Waals surface area contributed by atoms with Gasteiger partial charge in [0.1, 0.15) is 28.6 Å². The van der Waals surface area contributed by atoms with Crippen LogP contribution in [0.3, 0.4) is 0 Å². The zero-order valence-corrected chi connectivity index (χ0v) is 27.4. The van der Waals surface area contributed by atoms with Crippen LogP contribution in [0.5, 0.6) is 11.5 Å². The van der Waals surface area contributed by atoms with Crippen LogP contribution in [-0.2, 0) is 25.6 Å². The number of phenolic OH excluding ortho intramolecular Hbond substituents is 1. The number of carbonyl (C=O) groups is 3. The van der Waals surface area contributed by atoms with Gasteiger partial charge in [-0.1, -0.05) is 45.0 Å². The number of carbonyl (C=O) groups excluding carboxylic acids is 3. The molecule has 1 amide bonds. The van der Waals surface area contributed by atoms with Crippen LogP contribution >= 0.6 is 11.8 Å². The van der Waals surface area contributed by atoms with E-state index in [0.717, 1.165) is 5.56 Å². The fourth-order valence-electron chi connectivity index (χ4n) is 7.26. The number of Topliss-reactive ketones (excluding diaryl/α,β-unsaturated/α-hetero) is 2. The van der Waals surface area contributed by atoms with Gasteiger partial charge in [-0.3, -0.25) is 19.3 Å². The van der Waals surface area contributed by atoms with Crippen LogP contribution in [0.15, 0.2) is 53.3 Å². The Morgan fingerprint density at radius 1 is 1.07 bits per heavy atom. The smallest absolute Gasteiger partial charge is 0.255 e. The van der Waals surface area contributed by atoms with Crippen molar-refractivity contribution in [1.82, 2.24) is 4.90 Å². The number of amides is 1. The van der Waals surface area contributed by atoms with Crippen molar-refractivity contribution in [3.63, 3.8) is 0 Å². The topological polar surface area (TPSA) is 191 Å². The Bertz CT molecular complexity index is 1670. The number of ether oxygens (including phenoxy) is 1. The van der Waals surface area contributed by atoms with Crippen molar-refractivity contribution in [3.8, 4) is 11.5 Å². The summed E-state index contributed by atoms with van der Waals surface area (Å²) in [6.45, 7) is 5.64. The number of likely N-dealkylation sites (N-methyl/N-ethyl adjacent to an activating group) is 1. The van der Waals surface area contributed by atoms with Crippen LogP contribution in [0.1, 0.15) is 48.9 Å². The summed E-state index contributed by atoms with van der Waals surface area (Å²) in [7, 11) is 4.54. The van der Waals surface area contributed by atoms with Gasteiger partial charge in [-0.2, -0.15) is 11.8 Å². The SMILES string of the molecule is COc1ccc(CSC[C@H]2c3ccc(C(C)(C)C)c(O)c3C(O)=C3C(=O)[C@]4(O)C(O)=C(C(N)=O)C(=O)[C@@H](N(C)C)[C@@H]4[C@@H](O)[C@@H]32)cc1.